The molecule has 4 aromatic heterocycles. The lowest BCUT2D eigenvalue weighted by atomic mass is 9.86. The molecule has 1 aliphatic heterocycles. The molecule has 7 rings (SSSR count). The topological polar surface area (TPSA) is 108 Å². The molecule has 39 heavy (non-hydrogen) atoms. The first-order valence-electron chi connectivity index (χ1n) is 12.1. The lowest BCUT2D eigenvalue weighted by Crippen LogP contribution is -2.14. The highest BCUT2D eigenvalue weighted by atomic mass is 35.5. The van der Waals surface area contributed by atoms with Gasteiger partial charge in [0.1, 0.15) is 18.7 Å². The summed E-state index contributed by atoms with van der Waals surface area (Å²) < 4.78 is 15.5. The van der Waals surface area contributed by atoms with Crippen molar-refractivity contribution in [3.63, 3.8) is 0 Å². The van der Waals surface area contributed by atoms with Crippen LogP contribution in [0.2, 0.25) is 10.0 Å². The van der Waals surface area contributed by atoms with E-state index < -0.39 is 0 Å². The number of rotatable bonds is 5. The van der Waals surface area contributed by atoms with Gasteiger partial charge in [-0.3, -0.25) is 9.78 Å². The Morgan fingerprint density at radius 2 is 2.00 bits per heavy atom. The summed E-state index contributed by atoms with van der Waals surface area (Å²) >= 11 is 12.3. The number of nitrogens with one attached hydrogen (secondary N) is 1. The van der Waals surface area contributed by atoms with E-state index in [1.54, 1.807) is 33.7 Å². The summed E-state index contributed by atoms with van der Waals surface area (Å²) in [6.07, 6.45) is 5.42. The maximum absolute atomic E-state index is 6.25. The maximum Gasteiger partial charge on any atom is 0.244 e. The summed E-state index contributed by atoms with van der Waals surface area (Å²) in [4.78, 5) is 9.50. The van der Waals surface area contributed by atoms with Crippen LogP contribution in [-0.2, 0) is 13.7 Å². The molecule has 0 aliphatic carbocycles. The van der Waals surface area contributed by atoms with Crippen LogP contribution in [0.5, 0.6) is 17.5 Å². The molecule has 0 saturated heterocycles. The Hall–Kier alpha value is -4.41. The molecule has 2 aromatic carbocycles. The van der Waals surface area contributed by atoms with Crippen molar-refractivity contribution in [3.8, 4) is 28.9 Å². The maximum atomic E-state index is 6.25. The van der Waals surface area contributed by atoms with Crippen molar-refractivity contribution >= 4 is 28.8 Å². The zero-order valence-corrected chi connectivity index (χ0v) is 22.3. The second-order valence-electron chi connectivity index (χ2n) is 9.28. The van der Waals surface area contributed by atoms with Gasteiger partial charge in [-0.2, -0.15) is 5.10 Å². The van der Waals surface area contributed by atoms with Gasteiger partial charge in [0.15, 0.2) is 11.5 Å². The minimum absolute atomic E-state index is 0.230. The number of nitrogens with zero attached hydrogens (tertiary/aromatic N) is 7. The first-order valence-corrected chi connectivity index (χ1v) is 12.8. The van der Waals surface area contributed by atoms with Gasteiger partial charge in [-0.1, -0.05) is 41.4 Å². The van der Waals surface area contributed by atoms with Crippen LogP contribution in [0.4, 0.5) is 0 Å². The number of aromatic amines is 1. The third-order valence-electron chi connectivity index (χ3n) is 6.65. The molecule has 0 fully saturated rings. The smallest absolute Gasteiger partial charge is 0.244 e. The van der Waals surface area contributed by atoms with E-state index >= 15 is 0 Å². The number of aromatic nitrogens is 8. The van der Waals surface area contributed by atoms with Crippen LogP contribution in [-0.4, -0.2) is 39.6 Å². The van der Waals surface area contributed by atoms with Crippen molar-refractivity contribution in [2.75, 3.05) is 0 Å². The Morgan fingerprint density at radius 1 is 1.10 bits per heavy atom. The van der Waals surface area contributed by atoms with E-state index in [-0.39, 0.29) is 5.92 Å². The zero-order chi connectivity index (χ0) is 26.7. The Bertz CT molecular complexity index is 1880. The van der Waals surface area contributed by atoms with Gasteiger partial charge in [-0.25, -0.2) is 14.5 Å². The van der Waals surface area contributed by atoms with Crippen LogP contribution in [0.1, 0.15) is 33.9 Å². The molecule has 0 saturated carbocycles. The lowest BCUT2D eigenvalue weighted by molar-refractivity contribution is 0.306. The molecule has 12 heteroatoms. The van der Waals surface area contributed by atoms with Crippen LogP contribution in [0, 0.1) is 6.92 Å². The molecule has 1 atom stereocenters. The van der Waals surface area contributed by atoms with Crippen molar-refractivity contribution in [2.24, 2.45) is 7.05 Å². The summed E-state index contributed by atoms with van der Waals surface area (Å²) in [5.41, 5.74) is 6.01. The van der Waals surface area contributed by atoms with Crippen molar-refractivity contribution in [2.45, 2.75) is 19.4 Å². The second kappa shape index (κ2) is 9.11. The largest absolute Gasteiger partial charge is 0.487 e. The van der Waals surface area contributed by atoms with Gasteiger partial charge >= 0.3 is 0 Å². The van der Waals surface area contributed by atoms with Crippen molar-refractivity contribution in [1.29, 1.82) is 0 Å². The van der Waals surface area contributed by atoms with Crippen molar-refractivity contribution in [3.05, 3.63) is 99.2 Å². The van der Waals surface area contributed by atoms with Gasteiger partial charge in [-0.05, 0) is 30.7 Å². The van der Waals surface area contributed by atoms with Gasteiger partial charge in [0.05, 0.1) is 22.7 Å². The molecule has 0 amide bonds. The number of fused-ring (bicyclic) bond motifs is 4. The molecule has 0 radical (unpaired) electrons. The van der Waals surface area contributed by atoms with E-state index in [0.29, 0.717) is 45.6 Å². The monoisotopic (exact) mass is 558 g/mol. The Balaban J connectivity index is 1.28. The number of benzene rings is 2. The normalized spacial score (nSPS) is 14.2. The number of hydrogen-bond donors (Lipinski definition) is 1. The number of hydrogen-bond acceptors (Lipinski definition) is 7. The molecule has 5 heterocycles. The number of halogens is 2. The van der Waals surface area contributed by atoms with Crippen molar-refractivity contribution < 1.29 is 9.47 Å². The summed E-state index contributed by atoms with van der Waals surface area (Å²) in [5, 5.41) is 17.6. The van der Waals surface area contributed by atoms with Crippen molar-refractivity contribution in [1.82, 2.24) is 39.6 Å². The minimum Gasteiger partial charge on any atom is -0.487 e. The number of ether oxygens (including phenoxy) is 2. The molecule has 1 aliphatic rings. The quantitative estimate of drug-likeness (QED) is 0.287. The predicted molar refractivity (Wildman–Crippen MR) is 145 cm³/mol. The molecular weight excluding hydrogens is 539 g/mol. The van der Waals surface area contributed by atoms with Crippen LogP contribution in [0.15, 0.2) is 61.2 Å². The summed E-state index contributed by atoms with van der Waals surface area (Å²) in [5.74, 6) is 1.78. The summed E-state index contributed by atoms with van der Waals surface area (Å²) in [6, 6.07) is 13.0. The Labute approximate surface area is 232 Å². The molecular formula is C27H20Cl2N8O2. The van der Waals surface area contributed by atoms with Gasteiger partial charge < -0.3 is 9.47 Å². The van der Waals surface area contributed by atoms with Crippen LogP contribution in [0.25, 0.3) is 17.0 Å². The van der Waals surface area contributed by atoms with E-state index in [9.17, 15) is 0 Å². The van der Waals surface area contributed by atoms with E-state index in [1.807, 2.05) is 50.6 Å². The fourth-order valence-electron chi connectivity index (χ4n) is 4.86. The fraction of sp³-hybridized carbons (Fsp3) is 0.148. The van der Waals surface area contributed by atoms with Gasteiger partial charge in [0, 0.05) is 46.7 Å². The van der Waals surface area contributed by atoms with Crippen LogP contribution in [0.3, 0.4) is 0 Å². The molecule has 10 nitrogen and oxygen atoms in total. The average Bonchev–Trinajstić information content (AvgIpc) is 3.66. The molecule has 1 N–H and O–H groups in total. The van der Waals surface area contributed by atoms with Gasteiger partial charge in [-0.15, -0.1) is 10.2 Å². The SMILES string of the molecule is Cc1[nH]nc2c1[C@@H](c1cnn(C)c1)c1c(ncn3nc(-c4cccc(COc5cc(Cl)ccc5Cl)c4)nc13)O2. The molecule has 6 aromatic rings. The summed E-state index contributed by atoms with van der Waals surface area (Å²) in [7, 11) is 1.89. The summed E-state index contributed by atoms with van der Waals surface area (Å²) in [6.45, 7) is 2.27. The highest BCUT2D eigenvalue weighted by Gasteiger charge is 2.37. The molecule has 0 spiro atoms. The minimum atomic E-state index is -0.230. The molecule has 0 unspecified atom stereocenters. The highest BCUT2D eigenvalue weighted by molar-refractivity contribution is 6.34. The van der Waals surface area contributed by atoms with E-state index in [1.165, 1.54) is 0 Å². The van der Waals surface area contributed by atoms with E-state index in [0.717, 1.165) is 33.5 Å². The third kappa shape index (κ3) is 4.08. The van der Waals surface area contributed by atoms with Gasteiger partial charge in [0.2, 0.25) is 11.8 Å². The molecule has 0 bridgehead atoms. The standard InChI is InChI=1S/C27H20Cl2N8O2/c1-14-21-22(17-10-31-36(2)11-17)23-25-32-24(35-37(25)13-30-26(23)39-27(21)34-33-14)16-5-3-4-15(8-16)12-38-20-9-18(28)6-7-19(20)29/h3-11,13,22H,12H2,1-2H3,(H,33,34)/t22-/m1/s1. The van der Waals surface area contributed by atoms with E-state index in [2.05, 4.69) is 20.3 Å². The van der Waals surface area contributed by atoms with E-state index in [4.69, 9.17) is 42.8 Å². The molecule has 194 valence electrons. The van der Waals surface area contributed by atoms with Crippen LogP contribution < -0.4 is 9.47 Å². The number of aryl methyl sites for hydroxylation is 2. The van der Waals surface area contributed by atoms with Crippen LogP contribution >= 0.6 is 23.2 Å². The highest BCUT2D eigenvalue weighted by Crippen LogP contribution is 2.48. The zero-order valence-electron chi connectivity index (χ0n) is 20.8. The first kappa shape index (κ1) is 23.7. The third-order valence-corrected chi connectivity index (χ3v) is 7.20. The predicted octanol–water partition coefficient (Wildman–Crippen LogP) is 5.73. The first-order chi connectivity index (χ1) is 18.9. The fourth-order valence-corrected chi connectivity index (χ4v) is 5.19. The lowest BCUT2D eigenvalue weighted by Gasteiger charge is -2.24. The average molecular weight is 559 g/mol. The Morgan fingerprint density at radius 3 is 2.85 bits per heavy atom. The van der Waals surface area contributed by atoms with Gasteiger partial charge in [0.25, 0.3) is 0 Å². The Kier molecular flexibility index (Phi) is 5.53. The second-order valence-corrected chi connectivity index (χ2v) is 10.1. The number of H-pyrrole nitrogens is 1.